The van der Waals surface area contributed by atoms with Gasteiger partial charge in [0.15, 0.2) is 0 Å². The van der Waals surface area contributed by atoms with E-state index in [1.54, 1.807) is 0 Å². The number of rotatable bonds is 2. The number of hydrogen-bond acceptors (Lipinski definition) is 8. The second-order valence-electron chi connectivity index (χ2n) is 5.49. The summed E-state index contributed by atoms with van der Waals surface area (Å²) in [5, 5.41) is 41.0. The molecule has 0 spiro atoms. The van der Waals surface area contributed by atoms with Gasteiger partial charge in [0.1, 0.15) is 24.4 Å². The van der Waals surface area contributed by atoms with E-state index in [1.165, 1.54) is 6.92 Å². The van der Waals surface area contributed by atoms with E-state index in [0.29, 0.717) is 9.13 Å². The summed E-state index contributed by atoms with van der Waals surface area (Å²) in [6.07, 6.45) is -7.34. The van der Waals surface area contributed by atoms with Gasteiger partial charge in [-0.15, -0.1) is 0 Å². The van der Waals surface area contributed by atoms with Crippen molar-refractivity contribution in [2.75, 3.05) is 0 Å². The van der Waals surface area contributed by atoms with Crippen LogP contribution < -0.4 is 45.9 Å². The van der Waals surface area contributed by atoms with Gasteiger partial charge >= 0.3 is 35.2 Å². The number of aliphatic hydroxyl groups is 3. The number of carbonyl (C=O) groups excluding carboxylic acids is 1. The van der Waals surface area contributed by atoms with Crippen LogP contribution in [0.1, 0.15) is 29.1 Å². The Kier molecular flexibility index (Phi) is 6.56. The smallest absolute Gasteiger partial charge is 0.543 e. The van der Waals surface area contributed by atoms with E-state index in [0.717, 1.165) is 14.1 Å². The molecule has 0 aliphatic carbocycles. The van der Waals surface area contributed by atoms with Crippen LogP contribution >= 0.6 is 0 Å². The molecule has 0 radical (unpaired) electrons. The number of aliphatic hydroxyl groups excluding tert-OH is 3. The molecule has 24 heavy (non-hydrogen) atoms. The minimum atomic E-state index is -1.80. The molecule has 1 saturated heterocycles. The zero-order valence-electron chi connectivity index (χ0n) is 13.7. The molecule has 1 aliphatic rings. The quantitative estimate of drug-likeness (QED) is 0.444. The Balaban J connectivity index is 0.00000288. The molecule has 3 N–H and O–H groups in total. The zero-order valence-corrected chi connectivity index (χ0v) is 15.7. The van der Waals surface area contributed by atoms with Crippen molar-refractivity contribution in [1.82, 2.24) is 9.13 Å². The second kappa shape index (κ2) is 7.48. The predicted molar refractivity (Wildman–Crippen MR) is 72.6 cm³/mol. The normalized spacial score (nSPS) is 29.8. The number of aromatic carboxylic acids is 1. The predicted octanol–water partition coefficient (Wildman–Crippen LogP) is -7.01. The van der Waals surface area contributed by atoms with Crippen LogP contribution in [0, 0.1) is 0 Å². The van der Waals surface area contributed by atoms with Crippen molar-refractivity contribution in [3.05, 3.63) is 32.1 Å². The fourth-order valence-electron chi connectivity index (χ4n) is 2.66. The summed E-state index contributed by atoms with van der Waals surface area (Å²) in [5.74, 6) is -1.80. The first-order valence-corrected chi connectivity index (χ1v) is 6.80. The summed E-state index contributed by atoms with van der Waals surface area (Å²) in [6, 6.07) is 0. The molecule has 1 aromatic heterocycles. The Morgan fingerprint density at radius 2 is 1.62 bits per heavy atom. The Labute approximate surface area is 158 Å². The minimum Gasteiger partial charge on any atom is -0.543 e. The molecule has 0 amide bonds. The third-order valence-electron chi connectivity index (χ3n) is 4.03. The van der Waals surface area contributed by atoms with Crippen LogP contribution in [0.25, 0.3) is 0 Å². The van der Waals surface area contributed by atoms with E-state index in [4.69, 9.17) is 4.74 Å². The SMILES string of the molecule is C[C@H]1O[C@@H](c2c(C(=O)[O-])n(C)c(=O)n(C)c2=O)[C@H](O)[C@@H](O)[C@H]1O.[Na+]. The number of ether oxygens (including phenoxy) is 1. The van der Waals surface area contributed by atoms with Gasteiger partial charge in [0.25, 0.3) is 5.56 Å². The van der Waals surface area contributed by atoms with E-state index in [9.17, 15) is 34.8 Å². The molecule has 0 unspecified atom stereocenters. The number of aromatic nitrogens is 2. The maximum Gasteiger partial charge on any atom is 1.00 e. The third-order valence-corrected chi connectivity index (χ3v) is 4.03. The van der Waals surface area contributed by atoms with Crippen LogP contribution in [-0.2, 0) is 18.8 Å². The van der Waals surface area contributed by atoms with Crippen LogP contribution in [0.2, 0.25) is 0 Å². The summed E-state index contributed by atoms with van der Waals surface area (Å²) in [6.45, 7) is 1.39. The van der Waals surface area contributed by atoms with E-state index in [1.807, 2.05) is 0 Å². The van der Waals surface area contributed by atoms with Gasteiger partial charge in [-0.05, 0) is 6.92 Å². The third kappa shape index (κ3) is 3.23. The van der Waals surface area contributed by atoms with Crippen LogP contribution in [-0.4, -0.2) is 54.8 Å². The van der Waals surface area contributed by atoms with E-state index >= 15 is 0 Å². The summed E-state index contributed by atoms with van der Waals surface area (Å²) < 4.78 is 6.65. The molecule has 128 valence electrons. The van der Waals surface area contributed by atoms with Gasteiger partial charge in [0.05, 0.1) is 23.3 Å². The average Bonchev–Trinajstić information content (AvgIpc) is 2.50. The van der Waals surface area contributed by atoms with Crippen molar-refractivity contribution in [2.24, 2.45) is 14.1 Å². The fourth-order valence-corrected chi connectivity index (χ4v) is 2.66. The van der Waals surface area contributed by atoms with Crippen molar-refractivity contribution in [3.63, 3.8) is 0 Å². The standard InChI is InChI=1S/C13H18N2O8.Na/c1-4-7(16)8(17)9(18)10(23-4)5-6(12(20)21)14(2)13(22)15(3)11(5)19;/h4,7-10,16-18H,1-3H3,(H,20,21);/q;+1/p-1/t4-,7+,8+,9-,10+;/m1./s1. The number of carbonyl (C=O) groups is 1. The first-order valence-electron chi connectivity index (χ1n) is 6.80. The molecule has 2 heterocycles. The Bertz CT molecular complexity index is 758. The van der Waals surface area contributed by atoms with Crippen LogP contribution in [0.5, 0.6) is 0 Å². The molecule has 1 aliphatic heterocycles. The Morgan fingerprint density at radius 1 is 1.08 bits per heavy atom. The molecule has 11 heteroatoms. The van der Waals surface area contributed by atoms with Crippen molar-refractivity contribution in [2.45, 2.75) is 37.4 Å². The Morgan fingerprint density at radius 3 is 2.12 bits per heavy atom. The van der Waals surface area contributed by atoms with Gasteiger partial charge in [-0.1, -0.05) is 0 Å². The van der Waals surface area contributed by atoms with Gasteiger partial charge in [-0.2, -0.15) is 0 Å². The van der Waals surface area contributed by atoms with Gasteiger partial charge < -0.3 is 30.0 Å². The molecule has 1 fully saturated rings. The maximum absolute atomic E-state index is 12.3. The maximum atomic E-state index is 12.3. The Hall–Kier alpha value is -1.01. The summed E-state index contributed by atoms with van der Waals surface area (Å²) in [7, 11) is 2.26. The van der Waals surface area contributed by atoms with E-state index < -0.39 is 59.0 Å². The fraction of sp³-hybridized carbons (Fsp3) is 0.615. The summed E-state index contributed by atoms with van der Waals surface area (Å²) in [4.78, 5) is 35.6. The zero-order chi connectivity index (χ0) is 17.6. The molecule has 10 nitrogen and oxygen atoms in total. The number of carboxylic acid groups (broad SMARTS) is 1. The van der Waals surface area contributed by atoms with Crippen molar-refractivity contribution in [1.29, 1.82) is 0 Å². The molecule has 0 saturated carbocycles. The second-order valence-corrected chi connectivity index (χ2v) is 5.49. The molecule has 1 aromatic rings. The number of carboxylic acids is 1. The van der Waals surface area contributed by atoms with Crippen molar-refractivity contribution >= 4 is 5.97 Å². The van der Waals surface area contributed by atoms with E-state index in [-0.39, 0.29) is 29.6 Å². The van der Waals surface area contributed by atoms with Crippen molar-refractivity contribution < 1.29 is 59.5 Å². The number of hydrogen-bond donors (Lipinski definition) is 3. The monoisotopic (exact) mass is 352 g/mol. The van der Waals surface area contributed by atoms with Crippen LogP contribution in [0.15, 0.2) is 9.59 Å². The topological polar surface area (TPSA) is 154 Å². The summed E-state index contributed by atoms with van der Waals surface area (Å²) in [5.41, 5.74) is -3.16. The first-order chi connectivity index (χ1) is 10.6. The van der Waals surface area contributed by atoms with Gasteiger partial charge in [-0.3, -0.25) is 13.9 Å². The minimum absolute atomic E-state index is 0. The molecular weight excluding hydrogens is 335 g/mol. The number of nitrogens with zero attached hydrogens (tertiary/aromatic N) is 2. The molecule has 5 atom stereocenters. The van der Waals surface area contributed by atoms with Gasteiger partial charge in [-0.25, -0.2) is 4.79 Å². The molecule has 2 rings (SSSR count). The van der Waals surface area contributed by atoms with Gasteiger partial charge in [0, 0.05) is 14.1 Å². The summed E-state index contributed by atoms with van der Waals surface area (Å²) >= 11 is 0. The van der Waals surface area contributed by atoms with Crippen LogP contribution in [0.4, 0.5) is 0 Å². The average molecular weight is 352 g/mol. The van der Waals surface area contributed by atoms with Crippen LogP contribution in [0.3, 0.4) is 0 Å². The molecule has 0 aromatic carbocycles. The first kappa shape index (κ1) is 21.0. The van der Waals surface area contributed by atoms with Crippen molar-refractivity contribution in [3.8, 4) is 0 Å². The van der Waals surface area contributed by atoms with E-state index in [2.05, 4.69) is 0 Å². The molecule has 0 bridgehead atoms. The van der Waals surface area contributed by atoms with Gasteiger partial charge in [0.2, 0.25) is 0 Å². The molecular formula is C13H17N2NaO8. The largest absolute Gasteiger partial charge is 1.00 e.